The second-order valence-electron chi connectivity index (χ2n) is 5.41. The fourth-order valence-corrected chi connectivity index (χ4v) is 3.80. The first-order valence-electron chi connectivity index (χ1n) is 6.75. The van der Waals surface area contributed by atoms with Crippen LogP contribution in [0.15, 0.2) is 22.7 Å². The van der Waals surface area contributed by atoms with Gasteiger partial charge in [0, 0.05) is 16.6 Å². The maximum Gasteiger partial charge on any atom is 0.322 e. The highest BCUT2D eigenvalue weighted by molar-refractivity contribution is 9.10. The Morgan fingerprint density at radius 2 is 2.14 bits per heavy atom. The fraction of sp³-hybridized carbons (Fsp3) is 0.429. The number of hydrogen-bond donors (Lipinski definition) is 2. The number of nitrogens with one attached hydrogen (secondary N) is 1. The predicted molar refractivity (Wildman–Crippen MR) is 77.5 cm³/mol. The molecule has 0 spiro atoms. The number of rotatable bonds is 2. The molecule has 2 aliphatic rings. The Kier molecular flexibility index (Phi) is 3.61. The molecule has 2 N–H and O–H groups in total. The molecule has 0 aliphatic carbocycles. The molecule has 0 radical (unpaired) electrons. The molecule has 112 valence electrons. The molecule has 3 atom stereocenters. The van der Waals surface area contributed by atoms with E-state index in [1.54, 1.807) is 11.0 Å². The van der Waals surface area contributed by atoms with Gasteiger partial charge in [-0.3, -0.25) is 4.79 Å². The standard InChI is InChI=1S/C14H14BrFN2O3/c15-9-2-1-3-10(16)12(9)17-14(21)18-7-4-5-11(18)8(6-7)13(19)20/h1-3,7-8,11H,4-6H2,(H,17,21)(H,19,20). The molecular weight excluding hydrogens is 343 g/mol. The van der Waals surface area contributed by atoms with Gasteiger partial charge in [0.1, 0.15) is 5.82 Å². The molecule has 7 heteroatoms. The van der Waals surface area contributed by atoms with Crippen LogP contribution in [0.4, 0.5) is 14.9 Å². The van der Waals surface area contributed by atoms with Gasteiger partial charge in [-0.2, -0.15) is 0 Å². The second kappa shape index (κ2) is 5.29. The molecular formula is C14H14BrFN2O3. The average molecular weight is 357 g/mol. The van der Waals surface area contributed by atoms with Crippen LogP contribution < -0.4 is 5.32 Å². The number of hydrogen-bond acceptors (Lipinski definition) is 2. The van der Waals surface area contributed by atoms with Crippen LogP contribution in [0.25, 0.3) is 0 Å². The lowest BCUT2D eigenvalue weighted by Gasteiger charge is -2.23. The van der Waals surface area contributed by atoms with Gasteiger partial charge in [-0.05, 0) is 47.3 Å². The highest BCUT2D eigenvalue weighted by Gasteiger charge is 2.51. The Morgan fingerprint density at radius 1 is 1.38 bits per heavy atom. The van der Waals surface area contributed by atoms with Gasteiger partial charge in [-0.1, -0.05) is 6.07 Å². The van der Waals surface area contributed by atoms with Crippen molar-refractivity contribution in [3.63, 3.8) is 0 Å². The van der Waals surface area contributed by atoms with E-state index in [-0.39, 0.29) is 17.8 Å². The van der Waals surface area contributed by atoms with E-state index in [2.05, 4.69) is 21.2 Å². The zero-order valence-electron chi connectivity index (χ0n) is 11.1. The van der Waals surface area contributed by atoms with E-state index in [4.69, 9.17) is 0 Å². The van der Waals surface area contributed by atoms with E-state index >= 15 is 0 Å². The van der Waals surface area contributed by atoms with Crippen molar-refractivity contribution in [2.45, 2.75) is 31.3 Å². The third kappa shape index (κ3) is 2.39. The summed E-state index contributed by atoms with van der Waals surface area (Å²) in [5, 5.41) is 11.7. The van der Waals surface area contributed by atoms with E-state index < -0.39 is 23.7 Å². The third-order valence-corrected chi connectivity index (χ3v) is 4.94. The Hall–Kier alpha value is -1.63. The first kappa shape index (κ1) is 14.3. The number of fused-ring (bicyclic) bond motifs is 2. The molecule has 3 rings (SSSR count). The summed E-state index contributed by atoms with van der Waals surface area (Å²) in [6.45, 7) is 0. The molecule has 1 aromatic rings. The SMILES string of the molecule is O=C(O)C1CC2CCC1N2C(=O)Nc1c(F)cccc1Br. The average Bonchev–Trinajstić information content (AvgIpc) is 3.00. The van der Waals surface area contributed by atoms with Crippen molar-refractivity contribution in [1.82, 2.24) is 4.90 Å². The van der Waals surface area contributed by atoms with E-state index in [0.717, 1.165) is 6.42 Å². The number of nitrogens with zero attached hydrogens (tertiary/aromatic N) is 1. The van der Waals surface area contributed by atoms with Gasteiger partial charge < -0.3 is 15.3 Å². The van der Waals surface area contributed by atoms with Crippen molar-refractivity contribution in [2.75, 3.05) is 5.32 Å². The Bertz CT molecular complexity index is 590. The second-order valence-corrected chi connectivity index (χ2v) is 6.27. The van der Waals surface area contributed by atoms with Crippen LogP contribution in [-0.4, -0.2) is 34.1 Å². The Balaban J connectivity index is 1.79. The normalized spacial score (nSPS) is 27.0. The number of aliphatic carboxylic acids is 1. The molecule has 0 aromatic heterocycles. The van der Waals surface area contributed by atoms with Crippen molar-refractivity contribution >= 4 is 33.6 Å². The maximum absolute atomic E-state index is 13.8. The number of halogens is 2. The van der Waals surface area contributed by atoms with E-state index in [0.29, 0.717) is 17.3 Å². The number of carbonyl (C=O) groups is 2. The first-order chi connectivity index (χ1) is 9.99. The molecule has 2 bridgehead atoms. The predicted octanol–water partition coefficient (Wildman–Crippen LogP) is 3.06. The number of benzene rings is 1. The van der Waals surface area contributed by atoms with Crippen LogP contribution in [-0.2, 0) is 4.79 Å². The minimum absolute atomic E-state index is 0.0679. The van der Waals surface area contributed by atoms with E-state index in [1.165, 1.54) is 12.1 Å². The Labute approximate surface area is 129 Å². The van der Waals surface area contributed by atoms with Crippen molar-refractivity contribution in [3.8, 4) is 0 Å². The highest BCUT2D eigenvalue weighted by Crippen LogP contribution is 2.42. The molecule has 2 aliphatic heterocycles. The number of carboxylic acid groups (broad SMARTS) is 1. The summed E-state index contributed by atoms with van der Waals surface area (Å²) >= 11 is 3.20. The van der Waals surface area contributed by atoms with Crippen LogP contribution in [0, 0.1) is 11.7 Å². The fourth-order valence-electron chi connectivity index (χ4n) is 3.36. The van der Waals surface area contributed by atoms with Crippen molar-refractivity contribution in [1.29, 1.82) is 0 Å². The minimum Gasteiger partial charge on any atom is -0.481 e. The summed E-state index contributed by atoms with van der Waals surface area (Å²) in [5.74, 6) is -1.91. The minimum atomic E-state index is -0.868. The van der Waals surface area contributed by atoms with Gasteiger partial charge in [0.05, 0.1) is 11.6 Å². The number of para-hydroxylation sites is 1. The van der Waals surface area contributed by atoms with Gasteiger partial charge >= 0.3 is 12.0 Å². The van der Waals surface area contributed by atoms with Crippen LogP contribution >= 0.6 is 15.9 Å². The summed E-state index contributed by atoms with van der Waals surface area (Å²) < 4.78 is 14.2. The lowest BCUT2D eigenvalue weighted by Crippen LogP contribution is -2.40. The van der Waals surface area contributed by atoms with Gasteiger partial charge in [0.25, 0.3) is 0 Å². The van der Waals surface area contributed by atoms with E-state index in [1.807, 2.05) is 0 Å². The lowest BCUT2D eigenvalue weighted by molar-refractivity contribution is -0.142. The molecule has 5 nitrogen and oxygen atoms in total. The maximum atomic E-state index is 13.8. The summed E-state index contributed by atoms with van der Waals surface area (Å²) in [6, 6.07) is 3.64. The smallest absolute Gasteiger partial charge is 0.322 e. The molecule has 3 unspecified atom stereocenters. The quantitative estimate of drug-likeness (QED) is 0.855. The van der Waals surface area contributed by atoms with Gasteiger partial charge in [0.15, 0.2) is 0 Å². The molecule has 0 saturated carbocycles. The van der Waals surface area contributed by atoms with Crippen LogP contribution in [0.2, 0.25) is 0 Å². The van der Waals surface area contributed by atoms with Gasteiger partial charge in [-0.15, -0.1) is 0 Å². The van der Waals surface area contributed by atoms with Crippen molar-refractivity contribution in [2.24, 2.45) is 5.92 Å². The van der Waals surface area contributed by atoms with Crippen molar-refractivity contribution in [3.05, 3.63) is 28.5 Å². The van der Waals surface area contributed by atoms with E-state index in [9.17, 15) is 19.1 Å². The summed E-state index contributed by atoms with van der Waals surface area (Å²) in [6.07, 6.45) is 1.97. The molecule has 2 saturated heterocycles. The molecule has 2 fully saturated rings. The summed E-state index contributed by atoms with van der Waals surface area (Å²) in [5.41, 5.74) is 0.0840. The summed E-state index contributed by atoms with van der Waals surface area (Å²) in [4.78, 5) is 25.1. The molecule has 21 heavy (non-hydrogen) atoms. The van der Waals surface area contributed by atoms with Gasteiger partial charge in [0.2, 0.25) is 0 Å². The van der Waals surface area contributed by atoms with Crippen molar-refractivity contribution < 1.29 is 19.1 Å². The monoisotopic (exact) mass is 356 g/mol. The summed E-state index contributed by atoms with van der Waals surface area (Å²) in [7, 11) is 0. The largest absolute Gasteiger partial charge is 0.481 e. The highest BCUT2D eigenvalue weighted by atomic mass is 79.9. The Morgan fingerprint density at radius 3 is 2.76 bits per heavy atom. The zero-order chi connectivity index (χ0) is 15.1. The lowest BCUT2D eigenvalue weighted by atomic mass is 9.89. The molecule has 1 aromatic carbocycles. The zero-order valence-corrected chi connectivity index (χ0v) is 12.6. The number of urea groups is 1. The van der Waals surface area contributed by atoms with Gasteiger partial charge in [-0.25, -0.2) is 9.18 Å². The number of anilines is 1. The first-order valence-corrected chi connectivity index (χ1v) is 7.54. The number of amides is 2. The molecule has 2 amide bonds. The van der Waals surface area contributed by atoms with Crippen LogP contribution in [0.5, 0.6) is 0 Å². The third-order valence-electron chi connectivity index (χ3n) is 4.28. The topological polar surface area (TPSA) is 69.6 Å². The van der Waals surface area contributed by atoms with Crippen LogP contribution in [0.1, 0.15) is 19.3 Å². The number of carbonyl (C=O) groups excluding carboxylic acids is 1. The molecule has 2 heterocycles. The number of carboxylic acids is 1. The van der Waals surface area contributed by atoms with Crippen LogP contribution in [0.3, 0.4) is 0 Å².